The number of benzene rings is 10. The van der Waals surface area contributed by atoms with Crippen molar-refractivity contribution in [2.45, 2.75) is 27.7 Å². The minimum Gasteiger partial charge on any atom is -0.307 e. The Morgan fingerprint density at radius 2 is 0.712 bits per heavy atom. The van der Waals surface area contributed by atoms with Crippen molar-refractivity contribution in [3.8, 4) is 34.4 Å². The molecule has 0 bridgehead atoms. The highest BCUT2D eigenvalue weighted by Gasteiger charge is 2.26. The molecule has 10 aromatic carbocycles. The van der Waals surface area contributed by atoms with E-state index in [-0.39, 0.29) is 22.5 Å². The summed E-state index contributed by atoms with van der Waals surface area (Å²) in [6, 6.07) is 50.0. The van der Waals surface area contributed by atoms with Gasteiger partial charge in [-0.05, 0) is 133 Å². The average Bonchev–Trinajstić information content (AvgIpc) is 3.30. The summed E-state index contributed by atoms with van der Waals surface area (Å²) in [6.07, 6.45) is 0. The molecule has 0 atom stereocenters. The zero-order valence-electron chi connectivity index (χ0n) is 36.3. The Labute approximate surface area is 379 Å². The van der Waals surface area contributed by atoms with E-state index in [1.807, 2.05) is 113 Å². The number of nitrogens with zero attached hydrogens (tertiary/aromatic N) is 4. The lowest BCUT2D eigenvalue weighted by Gasteiger charge is -2.30. The van der Waals surface area contributed by atoms with E-state index in [0.717, 1.165) is 66.7 Å². The summed E-state index contributed by atoms with van der Waals surface area (Å²) >= 11 is 0. The Balaban J connectivity index is 1.23. The third-order valence-corrected chi connectivity index (χ3v) is 12.2. The van der Waals surface area contributed by atoms with Crippen LogP contribution in [0.4, 0.5) is 51.7 Å². The Morgan fingerprint density at radius 1 is 0.364 bits per heavy atom. The summed E-state index contributed by atoms with van der Waals surface area (Å²) in [5.41, 5.74) is 8.74. The number of aryl methyl sites for hydroxylation is 4. The number of anilines is 6. The van der Waals surface area contributed by atoms with Crippen LogP contribution in [-0.2, 0) is 0 Å². The molecule has 0 N–H and O–H groups in total. The van der Waals surface area contributed by atoms with Crippen LogP contribution in [0.5, 0.6) is 0 Å². The van der Waals surface area contributed by atoms with Crippen molar-refractivity contribution < 1.29 is 17.6 Å². The molecule has 0 aliphatic carbocycles. The van der Waals surface area contributed by atoms with Crippen molar-refractivity contribution in [2.24, 2.45) is 0 Å². The van der Waals surface area contributed by atoms with Crippen molar-refractivity contribution in [1.82, 2.24) is 0 Å². The summed E-state index contributed by atoms with van der Waals surface area (Å²) in [4.78, 5) is 3.50. The van der Waals surface area contributed by atoms with Crippen LogP contribution in [0, 0.1) is 73.6 Å². The van der Waals surface area contributed by atoms with E-state index in [1.165, 1.54) is 12.1 Å². The third-order valence-electron chi connectivity index (χ3n) is 12.2. The summed E-state index contributed by atoms with van der Waals surface area (Å²) in [6.45, 7) is 7.73. The first-order chi connectivity index (χ1) is 31.9. The SMILES string of the molecule is Cc1cc(C)cc(-c2cc(N(c3ccc(C#N)cc3)c3ccc4ccc5c(N(c6ccc(C#N)cc6)c6cc(-c7cc(C)cc(C)c7)c(F)cc6F)ccc6ccc3c4c65)c(F)cc2F)c1. The fourth-order valence-electron chi connectivity index (χ4n) is 9.47. The van der Waals surface area contributed by atoms with Gasteiger partial charge in [0.1, 0.15) is 23.3 Å². The van der Waals surface area contributed by atoms with E-state index in [0.29, 0.717) is 45.0 Å². The van der Waals surface area contributed by atoms with E-state index >= 15 is 17.6 Å². The zero-order chi connectivity index (χ0) is 46.0. The van der Waals surface area contributed by atoms with Crippen LogP contribution in [0.25, 0.3) is 54.6 Å². The molecule has 0 unspecified atom stereocenters. The monoisotopic (exact) mass is 866 g/mol. The van der Waals surface area contributed by atoms with Gasteiger partial charge in [-0.3, -0.25) is 0 Å². The molecule has 8 heteroatoms. The topological polar surface area (TPSA) is 54.1 Å². The van der Waals surface area contributed by atoms with Gasteiger partial charge in [0, 0.05) is 45.4 Å². The van der Waals surface area contributed by atoms with Gasteiger partial charge in [0.25, 0.3) is 0 Å². The minimum atomic E-state index is -0.780. The second kappa shape index (κ2) is 16.3. The zero-order valence-corrected chi connectivity index (χ0v) is 36.3. The van der Waals surface area contributed by atoms with Gasteiger partial charge in [-0.1, -0.05) is 95.1 Å². The average molecular weight is 867 g/mol. The lowest BCUT2D eigenvalue weighted by molar-refractivity contribution is 0.586. The van der Waals surface area contributed by atoms with E-state index in [2.05, 4.69) is 12.1 Å². The van der Waals surface area contributed by atoms with Gasteiger partial charge in [0.15, 0.2) is 0 Å². The fraction of sp³-hybridized carbons (Fsp3) is 0.0690. The highest BCUT2D eigenvalue weighted by Crippen LogP contribution is 2.49. The minimum absolute atomic E-state index is 0.101. The normalized spacial score (nSPS) is 11.3. The Bertz CT molecular complexity index is 3380. The van der Waals surface area contributed by atoms with Crippen molar-refractivity contribution in [3.63, 3.8) is 0 Å². The molecule has 0 amide bonds. The maximum atomic E-state index is 16.6. The molecule has 0 aromatic heterocycles. The van der Waals surface area contributed by atoms with E-state index in [1.54, 1.807) is 58.3 Å². The van der Waals surface area contributed by atoms with E-state index in [4.69, 9.17) is 0 Å². The first kappa shape index (κ1) is 41.5. The van der Waals surface area contributed by atoms with Crippen molar-refractivity contribution in [2.75, 3.05) is 9.80 Å². The van der Waals surface area contributed by atoms with Gasteiger partial charge in [0.2, 0.25) is 0 Å². The number of hydrogen-bond donors (Lipinski definition) is 0. The molecular formula is C58H38F4N4. The van der Waals surface area contributed by atoms with Gasteiger partial charge < -0.3 is 9.80 Å². The molecular weight excluding hydrogens is 829 g/mol. The highest BCUT2D eigenvalue weighted by molar-refractivity contribution is 6.28. The van der Waals surface area contributed by atoms with Crippen LogP contribution >= 0.6 is 0 Å². The lowest BCUT2D eigenvalue weighted by atomic mass is 9.91. The van der Waals surface area contributed by atoms with Crippen LogP contribution < -0.4 is 9.80 Å². The van der Waals surface area contributed by atoms with E-state index in [9.17, 15) is 10.5 Å². The molecule has 0 saturated carbocycles. The van der Waals surface area contributed by atoms with Crippen LogP contribution in [0.15, 0.2) is 158 Å². The first-order valence-corrected chi connectivity index (χ1v) is 21.4. The second-order valence-electron chi connectivity index (χ2n) is 16.9. The van der Waals surface area contributed by atoms with Crippen molar-refractivity contribution in [3.05, 3.63) is 214 Å². The molecule has 0 radical (unpaired) electrons. The molecule has 0 aliphatic rings. The molecule has 10 rings (SSSR count). The van der Waals surface area contributed by atoms with E-state index < -0.39 is 23.3 Å². The summed E-state index contributed by atoms with van der Waals surface area (Å²) < 4.78 is 65.0. The smallest absolute Gasteiger partial charge is 0.150 e. The third kappa shape index (κ3) is 7.19. The summed E-state index contributed by atoms with van der Waals surface area (Å²) in [7, 11) is 0. The van der Waals surface area contributed by atoms with Crippen LogP contribution in [0.3, 0.4) is 0 Å². The molecule has 0 fully saturated rings. The molecule has 0 heterocycles. The van der Waals surface area contributed by atoms with Gasteiger partial charge in [-0.25, -0.2) is 17.6 Å². The van der Waals surface area contributed by atoms with Gasteiger partial charge in [0.05, 0.1) is 46.0 Å². The Kier molecular flexibility index (Phi) is 10.2. The largest absolute Gasteiger partial charge is 0.307 e. The predicted octanol–water partition coefficient (Wildman–Crippen LogP) is 16.4. The maximum absolute atomic E-state index is 16.6. The molecule has 318 valence electrons. The molecule has 0 saturated heterocycles. The fourth-order valence-corrected chi connectivity index (χ4v) is 9.47. The Hall–Kier alpha value is -8.46. The van der Waals surface area contributed by atoms with Crippen LogP contribution in [0.1, 0.15) is 33.4 Å². The number of hydrogen-bond acceptors (Lipinski definition) is 4. The van der Waals surface area contributed by atoms with Crippen LogP contribution in [0.2, 0.25) is 0 Å². The summed E-state index contributed by atoms with van der Waals surface area (Å²) in [5, 5.41) is 24.4. The Morgan fingerprint density at radius 3 is 1.06 bits per heavy atom. The van der Waals surface area contributed by atoms with Crippen LogP contribution in [-0.4, -0.2) is 0 Å². The molecule has 10 aromatic rings. The number of nitriles is 2. The molecule has 66 heavy (non-hydrogen) atoms. The lowest BCUT2D eigenvalue weighted by Crippen LogP contribution is -2.14. The summed E-state index contributed by atoms with van der Waals surface area (Å²) in [5.74, 6) is -2.96. The number of rotatable bonds is 8. The standard InChI is InChI=1S/C58H38F4N4/c1-33-21-34(2)24-41(23-33)47-27-55(51(61)29-49(47)59)65(43-13-5-37(31-63)6-14-43)53-19-11-39-10-18-46-54(20-12-40-9-17-45(53)57(39)58(40)46)66(44-15-7-38(32-64)8-16-44)56-28-48(50(60)30-52(56)62)42-25-35(3)22-36(4)26-42/h5-30H,1-4H3. The molecule has 4 nitrogen and oxygen atoms in total. The quantitative estimate of drug-likeness (QED) is 0.113. The number of halogens is 4. The van der Waals surface area contributed by atoms with Crippen molar-refractivity contribution >= 4 is 66.4 Å². The van der Waals surface area contributed by atoms with Gasteiger partial charge in [-0.2, -0.15) is 10.5 Å². The first-order valence-electron chi connectivity index (χ1n) is 21.4. The van der Waals surface area contributed by atoms with Gasteiger partial charge in [-0.15, -0.1) is 0 Å². The predicted molar refractivity (Wildman–Crippen MR) is 259 cm³/mol. The second-order valence-corrected chi connectivity index (χ2v) is 16.9. The van der Waals surface area contributed by atoms with Crippen molar-refractivity contribution in [1.29, 1.82) is 10.5 Å². The molecule has 0 aliphatic heterocycles. The maximum Gasteiger partial charge on any atom is 0.150 e. The highest BCUT2D eigenvalue weighted by atomic mass is 19.1. The molecule has 0 spiro atoms. The van der Waals surface area contributed by atoms with Gasteiger partial charge >= 0.3 is 0 Å².